The monoisotopic (exact) mass is 546 g/mol. The molecule has 1 saturated carbocycles. The van der Waals surface area contributed by atoms with Gasteiger partial charge in [-0.25, -0.2) is 0 Å². The number of aliphatic imine (C=N–C) groups is 1. The first-order valence-electron chi connectivity index (χ1n) is 11.2. The van der Waals surface area contributed by atoms with Crippen molar-refractivity contribution in [1.82, 2.24) is 15.5 Å². The van der Waals surface area contributed by atoms with E-state index in [4.69, 9.17) is 14.2 Å². The molecule has 0 atom stereocenters. The number of morpholine rings is 1. The topological polar surface area (TPSA) is 67.4 Å². The Kier molecular flexibility index (Phi) is 11.2. The second-order valence-corrected chi connectivity index (χ2v) is 8.18. The van der Waals surface area contributed by atoms with E-state index in [-0.39, 0.29) is 29.5 Å². The highest BCUT2D eigenvalue weighted by molar-refractivity contribution is 14.0. The maximum absolute atomic E-state index is 5.59. The molecule has 7 nitrogen and oxygen atoms in total. The molecule has 0 spiro atoms. The van der Waals surface area contributed by atoms with Crippen molar-refractivity contribution < 1.29 is 14.2 Å². The Labute approximate surface area is 204 Å². The van der Waals surface area contributed by atoms with Crippen LogP contribution in [0.3, 0.4) is 0 Å². The summed E-state index contributed by atoms with van der Waals surface area (Å²) in [5.41, 5.74) is 1.43. The van der Waals surface area contributed by atoms with Crippen LogP contribution in [0.5, 0.6) is 11.5 Å². The van der Waals surface area contributed by atoms with Crippen LogP contribution in [0.2, 0.25) is 0 Å². The maximum Gasteiger partial charge on any atom is 0.191 e. The van der Waals surface area contributed by atoms with Gasteiger partial charge in [-0.15, -0.1) is 24.0 Å². The predicted octanol–water partition coefficient (Wildman–Crippen LogP) is 3.06. The minimum Gasteiger partial charge on any atom is -0.493 e. The van der Waals surface area contributed by atoms with Gasteiger partial charge in [-0.1, -0.05) is 25.3 Å². The minimum atomic E-state index is 0. The number of hydrogen-bond donors (Lipinski definition) is 2. The van der Waals surface area contributed by atoms with Gasteiger partial charge in [0.25, 0.3) is 0 Å². The zero-order chi connectivity index (χ0) is 21.2. The zero-order valence-electron chi connectivity index (χ0n) is 19.2. The van der Waals surface area contributed by atoms with Crippen LogP contribution in [0.15, 0.2) is 23.2 Å². The number of nitrogens with one attached hydrogen (secondary N) is 2. The number of rotatable bonds is 8. The van der Waals surface area contributed by atoms with E-state index in [1.807, 2.05) is 19.2 Å². The first-order valence-corrected chi connectivity index (χ1v) is 11.2. The second-order valence-electron chi connectivity index (χ2n) is 8.18. The van der Waals surface area contributed by atoms with Gasteiger partial charge < -0.3 is 24.8 Å². The summed E-state index contributed by atoms with van der Waals surface area (Å²) in [6.45, 7) is 5.50. The lowest BCUT2D eigenvalue weighted by atomic mass is 9.80. The smallest absolute Gasteiger partial charge is 0.191 e. The van der Waals surface area contributed by atoms with Crippen LogP contribution in [0, 0.1) is 0 Å². The second kappa shape index (κ2) is 13.3. The number of guanidine groups is 1. The van der Waals surface area contributed by atoms with Crippen molar-refractivity contribution in [3.05, 3.63) is 23.8 Å². The Morgan fingerprint density at radius 1 is 1.06 bits per heavy atom. The number of halogens is 1. The fourth-order valence-corrected chi connectivity index (χ4v) is 4.68. The van der Waals surface area contributed by atoms with Gasteiger partial charge in [-0.05, 0) is 37.0 Å². The summed E-state index contributed by atoms with van der Waals surface area (Å²) in [5, 5.41) is 7.08. The molecule has 1 heterocycles. The minimum absolute atomic E-state index is 0. The molecule has 2 N–H and O–H groups in total. The molecule has 0 amide bonds. The van der Waals surface area contributed by atoms with Crippen LogP contribution in [-0.4, -0.2) is 77.1 Å². The highest BCUT2D eigenvalue weighted by Gasteiger charge is 2.38. The van der Waals surface area contributed by atoms with Crippen molar-refractivity contribution in [2.45, 2.75) is 44.1 Å². The molecule has 0 unspecified atom stereocenters. The molecule has 3 rings (SSSR count). The Morgan fingerprint density at radius 2 is 1.77 bits per heavy atom. The van der Waals surface area contributed by atoms with Gasteiger partial charge in [-0.2, -0.15) is 0 Å². The summed E-state index contributed by atoms with van der Waals surface area (Å²) in [6.07, 6.45) is 7.36. The standard InChI is InChI=1S/C23H38N4O3.HI/c1-24-22(25-12-9-19-7-8-20(28-2)21(17-19)29-3)26-18-23(10-5-4-6-11-23)27-13-15-30-16-14-27;/h7-8,17H,4-6,9-16,18H2,1-3H3,(H2,24,25,26);1H. The Hall–Kier alpha value is -1.26. The largest absolute Gasteiger partial charge is 0.493 e. The molecule has 1 aromatic rings. The average Bonchev–Trinajstić information content (AvgIpc) is 2.82. The summed E-state index contributed by atoms with van der Waals surface area (Å²) in [6, 6.07) is 6.07. The van der Waals surface area contributed by atoms with Crippen molar-refractivity contribution in [3.63, 3.8) is 0 Å². The van der Waals surface area contributed by atoms with Crippen LogP contribution < -0.4 is 20.1 Å². The average molecular weight is 546 g/mol. The van der Waals surface area contributed by atoms with Gasteiger partial charge >= 0.3 is 0 Å². The molecule has 2 aliphatic rings. The zero-order valence-corrected chi connectivity index (χ0v) is 21.6. The number of ether oxygens (including phenoxy) is 3. The van der Waals surface area contributed by atoms with Gasteiger partial charge in [0.05, 0.1) is 27.4 Å². The van der Waals surface area contributed by atoms with Crippen molar-refractivity contribution in [2.75, 3.05) is 60.7 Å². The third kappa shape index (κ3) is 7.12. The normalized spacial score (nSPS) is 19.3. The molecule has 176 valence electrons. The highest BCUT2D eigenvalue weighted by atomic mass is 127. The maximum atomic E-state index is 5.59. The van der Waals surface area contributed by atoms with Crippen molar-refractivity contribution in [3.8, 4) is 11.5 Å². The highest BCUT2D eigenvalue weighted by Crippen LogP contribution is 2.34. The molecular formula is C23H39IN4O3. The molecule has 1 aliphatic carbocycles. The van der Waals surface area contributed by atoms with Crippen LogP contribution in [0.1, 0.15) is 37.7 Å². The van der Waals surface area contributed by atoms with Gasteiger partial charge in [0.1, 0.15) is 0 Å². The summed E-state index contributed by atoms with van der Waals surface area (Å²) < 4.78 is 16.3. The third-order valence-electron chi connectivity index (χ3n) is 6.43. The van der Waals surface area contributed by atoms with E-state index >= 15 is 0 Å². The fraction of sp³-hybridized carbons (Fsp3) is 0.696. The quantitative estimate of drug-likeness (QED) is 0.297. The van der Waals surface area contributed by atoms with Gasteiger partial charge in [0.2, 0.25) is 0 Å². The SMILES string of the molecule is CN=C(NCCc1ccc(OC)c(OC)c1)NCC1(N2CCOCC2)CCCCC1.I. The Morgan fingerprint density at radius 3 is 2.42 bits per heavy atom. The first-order chi connectivity index (χ1) is 14.7. The molecule has 1 aliphatic heterocycles. The molecule has 31 heavy (non-hydrogen) atoms. The van der Waals surface area contributed by atoms with E-state index in [1.54, 1.807) is 14.2 Å². The number of methoxy groups -OCH3 is 2. The van der Waals surface area contributed by atoms with Crippen LogP contribution >= 0.6 is 24.0 Å². The lowest BCUT2D eigenvalue weighted by Gasteiger charge is -2.48. The van der Waals surface area contributed by atoms with E-state index in [2.05, 4.69) is 26.6 Å². The molecule has 2 fully saturated rings. The molecular weight excluding hydrogens is 507 g/mol. The van der Waals surface area contributed by atoms with Crippen LogP contribution in [-0.2, 0) is 11.2 Å². The van der Waals surface area contributed by atoms with Crippen molar-refractivity contribution >= 4 is 29.9 Å². The lowest BCUT2D eigenvalue weighted by molar-refractivity contribution is -0.0352. The Balaban J connectivity index is 0.00000341. The van der Waals surface area contributed by atoms with E-state index in [0.717, 1.165) is 63.3 Å². The summed E-state index contributed by atoms with van der Waals surface area (Å²) >= 11 is 0. The summed E-state index contributed by atoms with van der Waals surface area (Å²) in [7, 11) is 5.17. The number of nitrogens with zero attached hydrogens (tertiary/aromatic N) is 2. The number of hydrogen-bond acceptors (Lipinski definition) is 5. The molecule has 0 radical (unpaired) electrons. The lowest BCUT2D eigenvalue weighted by Crippen LogP contribution is -2.60. The van der Waals surface area contributed by atoms with Crippen molar-refractivity contribution in [1.29, 1.82) is 0 Å². The summed E-state index contributed by atoms with van der Waals surface area (Å²) in [4.78, 5) is 7.10. The molecule has 1 aromatic carbocycles. The fourth-order valence-electron chi connectivity index (χ4n) is 4.68. The van der Waals surface area contributed by atoms with Crippen LogP contribution in [0.25, 0.3) is 0 Å². The van der Waals surface area contributed by atoms with Crippen LogP contribution in [0.4, 0.5) is 0 Å². The van der Waals surface area contributed by atoms with Crippen molar-refractivity contribution in [2.24, 2.45) is 4.99 Å². The molecule has 0 bridgehead atoms. The molecule has 8 heteroatoms. The van der Waals surface area contributed by atoms with E-state index < -0.39 is 0 Å². The van der Waals surface area contributed by atoms with Gasteiger partial charge in [0.15, 0.2) is 17.5 Å². The van der Waals surface area contributed by atoms with E-state index in [1.165, 1.54) is 37.7 Å². The van der Waals surface area contributed by atoms with E-state index in [9.17, 15) is 0 Å². The third-order valence-corrected chi connectivity index (χ3v) is 6.43. The van der Waals surface area contributed by atoms with Gasteiger partial charge in [-0.3, -0.25) is 9.89 Å². The number of benzene rings is 1. The summed E-state index contributed by atoms with van der Waals surface area (Å²) in [5.74, 6) is 2.39. The molecule has 0 aromatic heterocycles. The first kappa shape index (κ1) is 26.0. The van der Waals surface area contributed by atoms with E-state index in [0.29, 0.717) is 0 Å². The Bertz CT molecular complexity index is 689. The molecule has 1 saturated heterocycles. The predicted molar refractivity (Wildman–Crippen MR) is 136 cm³/mol. The van der Waals surface area contributed by atoms with Gasteiger partial charge in [0, 0.05) is 38.8 Å².